The lowest BCUT2D eigenvalue weighted by molar-refractivity contribution is -0.385. The maximum absolute atomic E-state index is 12.0. The number of halogens is 2. The molecule has 2 rings (SSSR count). The highest BCUT2D eigenvalue weighted by molar-refractivity contribution is 6.32. The van der Waals surface area contributed by atoms with Crippen molar-refractivity contribution < 1.29 is 9.72 Å². The van der Waals surface area contributed by atoms with Crippen LogP contribution >= 0.6 is 23.2 Å². The summed E-state index contributed by atoms with van der Waals surface area (Å²) in [5.74, 6) is -0.653. The number of rotatable bonds is 3. The Bertz CT molecular complexity index is 677. The van der Waals surface area contributed by atoms with E-state index < -0.39 is 16.5 Å². The number of nitrogens with one attached hydrogen (secondary N) is 1. The molecule has 0 atom stereocenters. The van der Waals surface area contributed by atoms with Crippen LogP contribution in [0.15, 0.2) is 24.4 Å². The van der Waals surface area contributed by atoms with Crippen molar-refractivity contribution in [3.63, 3.8) is 0 Å². The molecule has 1 N–H and O–H groups in total. The molecule has 10 heteroatoms. The molecule has 1 amide bonds. The molecule has 0 saturated carbocycles. The zero-order chi connectivity index (χ0) is 14.7. The molecule has 8 nitrogen and oxygen atoms in total. The molecule has 102 valence electrons. The largest absolute Gasteiger partial charge is 0.319 e. The standard InChI is InChI=1S/C10H5Cl2N5O3/c11-6-1-2-7(16-15-6)14-10(18)5-3-4-13-9(12)8(5)17(19)20/h1-4H,(H,14,16,18). The SMILES string of the molecule is O=C(Nc1ccc(Cl)nn1)c1ccnc(Cl)c1[N+](=O)[O-]. The molecule has 20 heavy (non-hydrogen) atoms. The lowest BCUT2D eigenvalue weighted by atomic mass is 10.2. The minimum absolute atomic E-state index is 0.0987. The van der Waals surface area contributed by atoms with Crippen LogP contribution < -0.4 is 5.32 Å². The fraction of sp³-hybridized carbons (Fsp3) is 0. The molecular weight excluding hydrogens is 309 g/mol. The highest BCUT2D eigenvalue weighted by atomic mass is 35.5. The van der Waals surface area contributed by atoms with Crippen molar-refractivity contribution >= 4 is 40.6 Å². The summed E-state index contributed by atoms with van der Waals surface area (Å²) in [6.07, 6.45) is 1.19. The number of pyridine rings is 1. The summed E-state index contributed by atoms with van der Waals surface area (Å²) in [6, 6.07) is 4.00. The van der Waals surface area contributed by atoms with Crippen LogP contribution in [0.25, 0.3) is 0 Å². The molecule has 2 heterocycles. The lowest BCUT2D eigenvalue weighted by Crippen LogP contribution is -2.15. The van der Waals surface area contributed by atoms with E-state index in [-0.39, 0.29) is 21.7 Å². The van der Waals surface area contributed by atoms with Crippen LogP contribution in [0.1, 0.15) is 10.4 Å². The average molecular weight is 314 g/mol. The molecule has 0 aromatic carbocycles. The Morgan fingerprint density at radius 2 is 2.00 bits per heavy atom. The van der Waals surface area contributed by atoms with Crippen LogP contribution in [-0.2, 0) is 0 Å². The Morgan fingerprint density at radius 3 is 2.60 bits per heavy atom. The van der Waals surface area contributed by atoms with Gasteiger partial charge in [-0.25, -0.2) is 4.98 Å². The first-order valence-electron chi connectivity index (χ1n) is 5.08. The normalized spacial score (nSPS) is 10.1. The van der Waals surface area contributed by atoms with Gasteiger partial charge in [-0.05, 0) is 18.2 Å². The third-order valence-electron chi connectivity index (χ3n) is 2.18. The molecule has 0 bridgehead atoms. The number of carbonyl (C=O) groups excluding carboxylic acids is 1. The number of amides is 1. The van der Waals surface area contributed by atoms with E-state index in [2.05, 4.69) is 20.5 Å². The lowest BCUT2D eigenvalue weighted by Gasteiger charge is -2.04. The Labute approximate surface area is 121 Å². The summed E-state index contributed by atoms with van der Waals surface area (Å²) in [7, 11) is 0. The van der Waals surface area contributed by atoms with Crippen molar-refractivity contribution in [1.29, 1.82) is 0 Å². The second-order valence-corrected chi connectivity index (χ2v) is 4.20. The summed E-state index contributed by atoms with van der Waals surface area (Å²) >= 11 is 11.2. The predicted octanol–water partition coefficient (Wildman–Crippen LogP) is 2.34. The van der Waals surface area contributed by atoms with Gasteiger partial charge in [-0.3, -0.25) is 14.9 Å². The zero-order valence-electron chi connectivity index (χ0n) is 9.58. The molecular formula is C10H5Cl2N5O3. The molecule has 0 saturated heterocycles. The van der Waals surface area contributed by atoms with Gasteiger partial charge in [0.2, 0.25) is 5.15 Å². The minimum Gasteiger partial charge on any atom is -0.305 e. The number of nitro groups is 1. The fourth-order valence-electron chi connectivity index (χ4n) is 1.35. The second kappa shape index (κ2) is 5.76. The second-order valence-electron chi connectivity index (χ2n) is 3.45. The van der Waals surface area contributed by atoms with E-state index in [1.165, 1.54) is 24.4 Å². The maximum atomic E-state index is 12.0. The molecule has 0 spiro atoms. The van der Waals surface area contributed by atoms with Crippen molar-refractivity contribution in [1.82, 2.24) is 15.2 Å². The van der Waals surface area contributed by atoms with Gasteiger partial charge in [-0.1, -0.05) is 23.2 Å². The van der Waals surface area contributed by atoms with Crippen LogP contribution in [0.2, 0.25) is 10.3 Å². The number of carbonyl (C=O) groups is 1. The van der Waals surface area contributed by atoms with E-state index in [4.69, 9.17) is 23.2 Å². The first-order valence-corrected chi connectivity index (χ1v) is 5.84. The summed E-state index contributed by atoms with van der Waals surface area (Å²) in [6.45, 7) is 0. The van der Waals surface area contributed by atoms with Crippen molar-refractivity contribution in [3.8, 4) is 0 Å². The first-order chi connectivity index (χ1) is 9.49. The Kier molecular flexibility index (Phi) is 4.06. The van der Waals surface area contributed by atoms with Crippen molar-refractivity contribution in [2.24, 2.45) is 0 Å². The van der Waals surface area contributed by atoms with E-state index in [1.807, 2.05) is 0 Å². The third kappa shape index (κ3) is 2.98. The molecule has 0 aliphatic carbocycles. The predicted molar refractivity (Wildman–Crippen MR) is 70.9 cm³/mol. The number of hydrogen-bond acceptors (Lipinski definition) is 6. The van der Waals surface area contributed by atoms with E-state index in [0.29, 0.717) is 0 Å². The highest BCUT2D eigenvalue weighted by Gasteiger charge is 2.25. The van der Waals surface area contributed by atoms with Crippen LogP contribution in [-0.4, -0.2) is 26.0 Å². The van der Waals surface area contributed by atoms with Gasteiger partial charge in [-0.15, -0.1) is 10.2 Å². The molecule has 0 fully saturated rings. The van der Waals surface area contributed by atoms with E-state index in [9.17, 15) is 14.9 Å². The number of nitrogens with zero attached hydrogens (tertiary/aromatic N) is 4. The monoisotopic (exact) mass is 313 g/mol. The quantitative estimate of drug-likeness (QED) is 0.529. The first kappa shape index (κ1) is 14.1. The summed E-state index contributed by atoms with van der Waals surface area (Å²) in [5, 5.41) is 20.2. The van der Waals surface area contributed by atoms with Gasteiger partial charge < -0.3 is 5.32 Å². The topological polar surface area (TPSA) is 111 Å². The van der Waals surface area contributed by atoms with Gasteiger partial charge in [0.05, 0.1) is 4.92 Å². The van der Waals surface area contributed by atoms with E-state index in [1.54, 1.807) is 0 Å². The van der Waals surface area contributed by atoms with Crippen molar-refractivity contribution in [2.75, 3.05) is 5.32 Å². The Hall–Kier alpha value is -2.32. The maximum Gasteiger partial charge on any atom is 0.319 e. The van der Waals surface area contributed by atoms with Gasteiger partial charge in [0, 0.05) is 6.20 Å². The molecule has 2 aromatic rings. The molecule has 2 aromatic heterocycles. The van der Waals surface area contributed by atoms with Gasteiger partial charge >= 0.3 is 5.69 Å². The van der Waals surface area contributed by atoms with Crippen molar-refractivity contribution in [3.05, 3.63) is 50.4 Å². The van der Waals surface area contributed by atoms with E-state index in [0.717, 1.165) is 0 Å². The van der Waals surface area contributed by atoms with Gasteiger partial charge in [0.1, 0.15) is 5.56 Å². The summed E-state index contributed by atoms with van der Waals surface area (Å²) in [5.41, 5.74) is -0.805. The van der Waals surface area contributed by atoms with Crippen molar-refractivity contribution in [2.45, 2.75) is 0 Å². The summed E-state index contributed by atoms with van der Waals surface area (Å²) in [4.78, 5) is 25.7. The number of anilines is 1. The molecule has 0 aliphatic heterocycles. The van der Waals surface area contributed by atoms with Gasteiger partial charge in [0.15, 0.2) is 11.0 Å². The van der Waals surface area contributed by atoms with E-state index >= 15 is 0 Å². The minimum atomic E-state index is -0.780. The van der Waals surface area contributed by atoms with Crippen LogP contribution in [0, 0.1) is 10.1 Å². The van der Waals surface area contributed by atoms with Crippen LogP contribution in [0.4, 0.5) is 11.5 Å². The smallest absolute Gasteiger partial charge is 0.305 e. The fourth-order valence-corrected chi connectivity index (χ4v) is 1.68. The number of aromatic nitrogens is 3. The summed E-state index contributed by atoms with van der Waals surface area (Å²) < 4.78 is 0. The van der Waals surface area contributed by atoms with Gasteiger partial charge in [0.25, 0.3) is 5.91 Å². The average Bonchev–Trinajstić information content (AvgIpc) is 2.40. The molecule has 0 radical (unpaired) electrons. The van der Waals surface area contributed by atoms with Gasteiger partial charge in [-0.2, -0.15) is 0 Å². The van der Waals surface area contributed by atoms with Crippen LogP contribution in [0.3, 0.4) is 0 Å². The zero-order valence-corrected chi connectivity index (χ0v) is 11.1. The highest BCUT2D eigenvalue weighted by Crippen LogP contribution is 2.26. The Balaban J connectivity index is 2.32. The third-order valence-corrected chi connectivity index (χ3v) is 2.66. The molecule has 0 aliphatic rings. The number of hydrogen-bond donors (Lipinski definition) is 1. The Morgan fingerprint density at radius 1 is 1.25 bits per heavy atom. The molecule has 0 unspecified atom stereocenters. The van der Waals surface area contributed by atoms with Crippen LogP contribution in [0.5, 0.6) is 0 Å².